The Morgan fingerprint density at radius 2 is 2.14 bits per heavy atom. The second-order valence-electron chi connectivity index (χ2n) is 2.88. The fourth-order valence-corrected chi connectivity index (χ4v) is 1.01. The van der Waals surface area contributed by atoms with E-state index in [2.05, 4.69) is 19.2 Å². The number of ether oxygens (including phenoxy) is 2. The van der Waals surface area contributed by atoms with Gasteiger partial charge in [-0.05, 0) is 17.7 Å². The Bertz CT molecular complexity index is 310. The molecule has 2 nitrogen and oxygen atoms in total. The fourth-order valence-electron chi connectivity index (χ4n) is 0.922. The Hall–Kier alpha value is -1.09. The normalized spacial score (nSPS) is 9.57. The molecule has 0 amide bonds. The molecule has 0 spiro atoms. The highest BCUT2D eigenvalue weighted by atomic mass is 32.1. The topological polar surface area (TPSA) is 18.5 Å². The van der Waals surface area contributed by atoms with E-state index in [1.54, 1.807) is 7.11 Å². The van der Waals surface area contributed by atoms with Crippen LogP contribution in [0.5, 0.6) is 11.5 Å². The van der Waals surface area contributed by atoms with Gasteiger partial charge in [-0.1, -0.05) is 12.6 Å². The van der Waals surface area contributed by atoms with E-state index in [9.17, 15) is 0 Å². The summed E-state index contributed by atoms with van der Waals surface area (Å²) in [6.45, 7) is 4.29. The van der Waals surface area contributed by atoms with E-state index >= 15 is 0 Å². The van der Waals surface area contributed by atoms with Crippen molar-refractivity contribution in [1.82, 2.24) is 0 Å². The van der Waals surface area contributed by atoms with Crippen molar-refractivity contribution >= 4 is 12.6 Å². The van der Waals surface area contributed by atoms with Crippen LogP contribution in [0.25, 0.3) is 0 Å². The van der Waals surface area contributed by atoms with Gasteiger partial charge in [-0.2, -0.15) is 12.6 Å². The smallest absolute Gasteiger partial charge is 0.123 e. The van der Waals surface area contributed by atoms with Crippen LogP contribution in [0.2, 0.25) is 0 Å². The first-order valence-corrected chi connectivity index (χ1v) is 4.94. The molecule has 0 aliphatic carbocycles. The average Bonchev–Trinajstić information content (AvgIpc) is 2.26. The maximum Gasteiger partial charge on any atom is 0.123 e. The molecule has 0 bridgehead atoms. The zero-order valence-corrected chi connectivity index (χ0v) is 9.09. The standard InChI is InChI=1S/C11H14O2S/c1-9(8-14)7-13-11-5-3-4-10(6-11)12-2/h3-6,14H,1,7-8H2,2H3. The second-order valence-corrected chi connectivity index (χ2v) is 3.19. The minimum Gasteiger partial charge on any atom is -0.497 e. The molecule has 0 unspecified atom stereocenters. The van der Waals surface area contributed by atoms with Crippen LogP contribution < -0.4 is 9.47 Å². The van der Waals surface area contributed by atoms with Crippen molar-refractivity contribution in [2.75, 3.05) is 19.5 Å². The lowest BCUT2D eigenvalue weighted by molar-refractivity contribution is 0.348. The lowest BCUT2D eigenvalue weighted by Crippen LogP contribution is -2.01. The molecular formula is C11H14O2S. The third kappa shape index (κ3) is 3.34. The lowest BCUT2D eigenvalue weighted by Gasteiger charge is -2.07. The third-order valence-electron chi connectivity index (χ3n) is 1.71. The SMILES string of the molecule is C=C(CS)COc1cccc(OC)c1. The Morgan fingerprint density at radius 3 is 2.79 bits per heavy atom. The van der Waals surface area contributed by atoms with Crippen LogP contribution in [0.15, 0.2) is 36.4 Å². The molecule has 0 aliphatic rings. The van der Waals surface area contributed by atoms with Gasteiger partial charge in [0.2, 0.25) is 0 Å². The fraction of sp³-hybridized carbons (Fsp3) is 0.273. The molecule has 14 heavy (non-hydrogen) atoms. The Morgan fingerprint density at radius 1 is 1.43 bits per heavy atom. The second kappa shape index (κ2) is 5.60. The van der Waals surface area contributed by atoms with Crippen molar-refractivity contribution < 1.29 is 9.47 Å². The molecule has 0 atom stereocenters. The van der Waals surface area contributed by atoms with Crippen LogP contribution >= 0.6 is 12.6 Å². The van der Waals surface area contributed by atoms with E-state index in [1.807, 2.05) is 24.3 Å². The molecule has 0 N–H and O–H groups in total. The first-order valence-electron chi connectivity index (χ1n) is 4.30. The zero-order valence-electron chi connectivity index (χ0n) is 8.19. The summed E-state index contributed by atoms with van der Waals surface area (Å²) in [6, 6.07) is 7.48. The molecule has 76 valence electrons. The van der Waals surface area contributed by atoms with Crippen molar-refractivity contribution in [3.63, 3.8) is 0 Å². The van der Waals surface area contributed by atoms with Gasteiger partial charge < -0.3 is 9.47 Å². The molecule has 0 fully saturated rings. The zero-order chi connectivity index (χ0) is 10.4. The van der Waals surface area contributed by atoms with Crippen molar-refractivity contribution in [2.45, 2.75) is 0 Å². The molecular weight excluding hydrogens is 196 g/mol. The highest BCUT2D eigenvalue weighted by Crippen LogP contribution is 2.19. The number of rotatable bonds is 5. The number of methoxy groups -OCH3 is 1. The largest absolute Gasteiger partial charge is 0.497 e. The van der Waals surface area contributed by atoms with E-state index in [-0.39, 0.29) is 0 Å². The molecule has 0 saturated carbocycles. The van der Waals surface area contributed by atoms with E-state index in [4.69, 9.17) is 9.47 Å². The predicted molar refractivity (Wildman–Crippen MR) is 61.5 cm³/mol. The summed E-state index contributed by atoms with van der Waals surface area (Å²) in [5.41, 5.74) is 0.955. The van der Waals surface area contributed by atoms with Crippen molar-refractivity contribution in [3.05, 3.63) is 36.4 Å². The van der Waals surface area contributed by atoms with Gasteiger partial charge in [0.15, 0.2) is 0 Å². The number of thiol groups is 1. The number of benzene rings is 1. The molecule has 0 aliphatic heterocycles. The quantitative estimate of drug-likeness (QED) is 0.595. The van der Waals surface area contributed by atoms with E-state index in [0.717, 1.165) is 17.1 Å². The van der Waals surface area contributed by atoms with Gasteiger partial charge in [-0.15, -0.1) is 0 Å². The van der Waals surface area contributed by atoms with Gasteiger partial charge in [0.1, 0.15) is 18.1 Å². The van der Waals surface area contributed by atoms with E-state index in [0.29, 0.717) is 12.4 Å². The summed E-state index contributed by atoms with van der Waals surface area (Å²) < 4.78 is 10.5. The van der Waals surface area contributed by atoms with Crippen molar-refractivity contribution in [2.24, 2.45) is 0 Å². The summed E-state index contributed by atoms with van der Waals surface area (Å²) in [4.78, 5) is 0. The van der Waals surface area contributed by atoms with E-state index in [1.165, 1.54) is 0 Å². The Kier molecular flexibility index (Phi) is 4.40. The van der Waals surface area contributed by atoms with Gasteiger partial charge in [0.05, 0.1) is 7.11 Å². The minimum absolute atomic E-state index is 0.497. The first kappa shape index (κ1) is 11.0. The van der Waals surface area contributed by atoms with Crippen LogP contribution in [0.4, 0.5) is 0 Å². The number of hydrogen-bond acceptors (Lipinski definition) is 3. The first-order chi connectivity index (χ1) is 6.76. The molecule has 0 radical (unpaired) electrons. The molecule has 0 saturated heterocycles. The predicted octanol–water partition coefficient (Wildman–Crippen LogP) is 2.56. The summed E-state index contributed by atoms with van der Waals surface area (Å²) in [6.07, 6.45) is 0. The minimum atomic E-state index is 0.497. The molecule has 0 heterocycles. The maximum atomic E-state index is 5.47. The Balaban J connectivity index is 2.54. The lowest BCUT2D eigenvalue weighted by atomic mass is 10.3. The Labute approximate surface area is 89.9 Å². The van der Waals surface area contributed by atoms with Crippen LogP contribution in [-0.2, 0) is 0 Å². The third-order valence-corrected chi connectivity index (χ3v) is 2.15. The van der Waals surface area contributed by atoms with Crippen LogP contribution in [0.3, 0.4) is 0 Å². The molecule has 1 aromatic carbocycles. The average molecular weight is 210 g/mol. The van der Waals surface area contributed by atoms with E-state index < -0.39 is 0 Å². The summed E-state index contributed by atoms with van der Waals surface area (Å²) in [7, 11) is 1.63. The van der Waals surface area contributed by atoms with Gasteiger partial charge >= 0.3 is 0 Å². The molecule has 1 aromatic rings. The van der Waals surface area contributed by atoms with Crippen molar-refractivity contribution in [1.29, 1.82) is 0 Å². The monoisotopic (exact) mass is 210 g/mol. The molecule has 1 rings (SSSR count). The number of hydrogen-bond donors (Lipinski definition) is 1. The summed E-state index contributed by atoms with van der Waals surface area (Å²) in [5, 5.41) is 0. The highest BCUT2D eigenvalue weighted by Gasteiger charge is 1.97. The summed E-state index contributed by atoms with van der Waals surface area (Å²) in [5.74, 6) is 2.22. The van der Waals surface area contributed by atoms with Gasteiger partial charge in [-0.3, -0.25) is 0 Å². The van der Waals surface area contributed by atoms with Gasteiger partial charge in [0, 0.05) is 11.8 Å². The highest BCUT2D eigenvalue weighted by molar-refractivity contribution is 7.80. The van der Waals surface area contributed by atoms with Crippen LogP contribution in [0, 0.1) is 0 Å². The maximum absolute atomic E-state index is 5.47. The van der Waals surface area contributed by atoms with Crippen LogP contribution in [-0.4, -0.2) is 19.5 Å². The molecule has 0 aromatic heterocycles. The van der Waals surface area contributed by atoms with Crippen LogP contribution in [0.1, 0.15) is 0 Å². The van der Waals surface area contributed by atoms with Crippen molar-refractivity contribution in [3.8, 4) is 11.5 Å². The molecule has 3 heteroatoms. The summed E-state index contributed by atoms with van der Waals surface area (Å²) >= 11 is 4.10. The van der Waals surface area contributed by atoms with Gasteiger partial charge in [-0.25, -0.2) is 0 Å². The van der Waals surface area contributed by atoms with Gasteiger partial charge in [0.25, 0.3) is 0 Å².